The van der Waals surface area contributed by atoms with Gasteiger partial charge >= 0.3 is 0 Å². The van der Waals surface area contributed by atoms with Crippen molar-refractivity contribution in [3.05, 3.63) is 101 Å². The van der Waals surface area contributed by atoms with Crippen molar-refractivity contribution < 1.29 is 4.79 Å². The van der Waals surface area contributed by atoms with E-state index in [0.717, 1.165) is 16.0 Å². The van der Waals surface area contributed by atoms with Crippen molar-refractivity contribution in [3.63, 3.8) is 0 Å². The maximum atomic E-state index is 13.5. The van der Waals surface area contributed by atoms with Gasteiger partial charge in [0, 0.05) is 21.9 Å². The third-order valence-electron chi connectivity index (χ3n) is 5.29. The quantitative estimate of drug-likeness (QED) is 0.379. The minimum Gasteiger partial charge on any atom is -0.334 e. The molecule has 0 saturated carbocycles. The number of hydrogen-bond donors (Lipinski definition) is 0. The van der Waals surface area contributed by atoms with Crippen LogP contribution in [-0.2, 0) is 11.2 Å². The molecule has 3 heteroatoms. The number of carbonyl (C=O) groups excluding carboxylic acids is 1. The van der Waals surface area contributed by atoms with Crippen molar-refractivity contribution in [1.29, 1.82) is 0 Å². The number of hydrogen-bond acceptors (Lipinski definition) is 2. The number of carbonyl (C=O) groups is 1. The molecule has 0 heterocycles. The van der Waals surface area contributed by atoms with Gasteiger partial charge in [0.1, 0.15) is 0 Å². The maximum absolute atomic E-state index is 13.5. The second-order valence-electron chi connectivity index (χ2n) is 9.25. The Hall–Kier alpha value is -2.78. The first kappa shape index (κ1) is 23.9. The molecule has 0 unspecified atom stereocenters. The normalized spacial score (nSPS) is 12.0. The van der Waals surface area contributed by atoms with Gasteiger partial charge in [-0.1, -0.05) is 89.6 Å². The predicted molar refractivity (Wildman–Crippen MR) is 137 cm³/mol. The van der Waals surface area contributed by atoms with Crippen LogP contribution in [0.15, 0.2) is 94.2 Å². The molecular formula is C29H33NOS. The molecule has 0 aromatic heterocycles. The average molecular weight is 444 g/mol. The third-order valence-corrected chi connectivity index (χ3v) is 6.42. The topological polar surface area (TPSA) is 20.3 Å². The van der Waals surface area contributed by atoms with Crippen LogP contribution in [0.2, 0.25) is 0 Å². The van der Waals surface area contributed by atoms with Crippen LogP contribution in [0.5, 0.6) is 0 Å². The van der Waals surface area contributed by atoms with E-state index in [1.165, 1.54) is 16.0 Å². The van der Waals surface area contributed by atoms with Crippen molar-refractivity contribution in [3.8, 4) is 0 Å². The zero-order valence-electron chi connectivity index (χ0n) is 19.8. The van der Waals surface area contributed by atoms with E-state index in [1.807, 2.05) is 35.2 Å². The molecule has 2 nitrogen and oxygen atoms in total. The van der Waals surface area contributed by atoms with Gasteiger partial charge in [0.2, 0.25) is 5.91 Å². The molecule has 0 spiro atoms. The molecule has 0 atom stereocenters. The fourth-order valence-corrected chi connectivity index (χ4v) is 4.51. The van der Waals surface area contributed by atoms with Gasteiger partial charge in [0.25, 0.3) is 0 Å². The van der Waals surface area contributed by atoms with Crippen LogP contribution in [0, 0.1) is 6.92 Å². The summed E-state index contributed by atoms with van der Waals surface area (Å²) < 4.78 is 0. The SMILES string of the molecule is C/C(=C/c1ccccc1)CN(C(=O)Cc1ccccc1Sc1ccc(C)cc1)C(C)(C)C. The highest BCUT2D eigenvalue weighted by Gasteiger charge is 2.27. The van der Waals surface area contributed by atoms with Crippen molar-refractivity contribution >= 4 is 23.7 Å². The van der Waals surface area contributed by atoms with Crippen LogP contribution in [-0.4, -0.2) is 22.9 Å². The van der Waals surface area contributed by atoms with E-state index >= 15 is 0 Å². The van der Waals surface area contributed by atoms with Gasteiger partial charge in [0.15, 0.2) is 0 Å². The molecule has 0 aliphatic carbocycles. The lowest BCUT2D eigenvalue weighted by atomic mass is 10.0. The maximum Gasteiger partial charge on any atom is 0.227 e. The summed E-state index contributed by atoms with van der Waals surface area (Å²) in [6.07, 6.45) is 2.55. The number of nitrogens with zero attached hydrogens (tertiary/aromatic N) is 1. The van der Waals surface area contributed by atoms with E-state index in [-0.39, 0.29) is 11.4 Å². The molecule has 0 radical (unpaired) electrons. The standard InChI is InChI=1S/C29H33NOS/c1-22-15-17-26(18-16-22)32-27-14-10-9-13-25(27)20-28(31)30(29(3,4)5)21-23(2)19-24-11-7-6-8-12-24/h6-19H,20-21H2,1-5H3/b23-19-. The summed E-state index contributed by atoms with van der Waals surface area (Å²) in [6, 6.07) is 27.0. The molecule has 0 bridgehead atoms. The monoisotopic (exact) mass is 443 g/mol. The van der Waals surface area contributed by atoms with Crippen molar-refractivity contribution in [2.75, 3.05) is 6.54 Å². The Kier molecular flexibility index (Phi) is 7.98. The first-order valence-corrected chi connectivity index (χ1v) is 11.9. The minimum absolute atomic E-state index is 0.148. The second kappa shape index (κ2) is 10.7. The van der Waals surface area contributed by atoms with Gasteiger partial charge < -0.3 is 4.90 Å². The van der Waals surface area contributed by atoms with Crippen LogP contribution in [0.3, 0.4) is 0 Å². The fourth-order valence-electron chi connectivity index (χ4n) is 3.57. The molecule has 0 saturated heterocycles. The summed E-state index contributed by atoms with van der Waals surface area (Å²) >= 11 is 1.72. The molecule has 0 N–H and O–H groups in total. The molecule has 3 rings (SSSR count). The van der Waals surface area contributed by atoms with Gasteiger partial charge in [-0.25, -0.2) is 0 Å². The molecule has 166 valence electrons. The van der Waals surface area contributed by atoms with Crippen molar-refractivity contribution in [2.45, 2.75) is 56.4 Å². The van der Waals surface area contributed by atoms with Crippen LogP contribution >= 0.6 is 11.8 Å². The lowest BCUT2D eigenvalue weighted by molar-refractivity contribution is -0.134. The Balaban J connectivity index is 1.78. The van der Waals surface area contributed by atoms with E-state index in [1.54, 1.807) is 11.8 Å². The van der Waals surface area contributed by atoms with E-state index in [9.17, 15) is 4.79 Å². The largest absolute Gasteiger partial charge is 0.334 e. The fraction of sp³-hybridized carbons (Fsp3) is 0.276. The Bertz CT molecular complexity index is 1060. The molecule has 0 aliphatic heterocycles. The number of amides is 1. The van der Waals surface area contributed by atoms with Crippen LogP contribution in [0.4, 0.5) is 0 Å². The summed E-state index contributed by atoms with van der Waals surface area (Å²) in [5.41, 5.74) is 4.38. The first-order valence-electron chi connectivity index (χ1n) is 11.1. The highest BCUT2D eigenvalue weighted by molar-refractivity contribution is 7.99. The minimum atomic E-state index is -0.262. The number of rotatable bonds is 7. The van der Waals surface area contributed by atoms with Gasteiger partial charge in [0.05, 0.1) is 6.42 Å². The Morgan fingerprint density at radius 2 is 1.53 bits per heavy atom. The Morgan fingerprint density at radius 3 is 2.19 bits per heavy atom. The van der Waals surface area contributed by atoms with Crippen LogP contribution in [0.1, 0.15) is 44.4 Å². The average Bonchev–Trinajstić information content (AvgIpc) is 2.75. The lowest BCUT2D eigenvalue weighted by Gasteiger charge is -2.36. The molecule has 32 heavy (non-hydrogen) atoms. The Morgan fingerprint density at radius 1 is 0.906 bits per heavy atom. The second-order valence-corrected chi connectivity index (χ2v) is 10.4. The summed E-state index contributed by atoms with van der Waals surface area (Å²) in [6.45, 7) is 11.1. The van der Waals surface area contributed by atoms with E-state index < -0.39 is 0 Å². The molecule has 1 amide bonds. The van der Waals surface area contributed by atoms with Gasteiger partial charge in [-0.15, -0.1) is 0 Å². The van der Waals surface area contributed by atoms with Crippen molar-refractivity contribution in [1.82, 2.24) is 4.90 Å². The molecule has 3 aromatic carbocycles. The Labute approximate surface area is 197 Å². The summed E-state index contributed by atoms with van der Waals surface area (Å²) in [5, 5.41) is 0. The molecule has 0 aliphatic rings. The summed E-state index contributed by atoms with van der Waals surface area (Å²) in [5.74, 6) is 0.148. The van der Waals surface area contributed by atoms with E-state index in [4.69, 9.17) is 0 Å². The van der Waals surface area contributed by atoms with Gasteiger partial charge in [-0.3, -0.25) is 4.79 Å². The number of aryl methyl sites for hydroxylation is 1. The first-order chi connectivity index (χ1) is 15.2. The lowest BCUT2D eigenvalue weighted by Crippen LogP contribution is -2.47. The third kappa shape index (κ3) is 6.86. The zero-order valence-corrected chi connectivity index (χ0v) is 20.6. The van der Waals surface area contributed by atoms with E-state index in [2.05, 4.69) is 89.2 Å². The highest BCUT2D eigenvalue weighted by atomic mass is 32.2. The summed E-state index contributed by atoms with van der Waals surface area (Å²) in [4.78, 5) is 17.8. The smallest absolute Gasteiger partial charge is 0.227 e. The zero-order chi connectivity index (χ0) is 23.1. The van der Waals surface area contributed by atoms with Crippen LogP contribution in [0.25, 0.3) is 6.08 Å². The number of benzene rings is 3. The molecule has 3 aromatic rings. The van der Waals surface area contributed by atoms with Gasteiger partial charge in [-0.2, -0.15) is 0 Å². The van der Waals surface area contributed by atoms with Crippen molar-refractivity contribution in [2.24, 2.45) is 0 Å². The summed E-state index contributed by atoms with van der Waals surface area (Å²) in [7, 11) is 0. The molecule has 0 fully saturated rings. The highest BCUT2D eigenvalue weighted by Crippen LogP contribution is 2.31. The van der Waals surface area contributed by atoms with Crippen LogP contribution < -0.4 is 0 Å². The molecular weight excluding hydrogens is 410 g/mol. The van der Waals surface area contributed by atoms with Gasteiger partial charge in [-0.05, 0) is 63.9 Å². The predicted octanol–water partition coefficient (Wildman–Crippen LogP) is 7.42. The van der Waals surface area contributed by atoms with E-state index in [0.29, 0.717) is 13.0 Å².